The minimum absolute atomic E-state index is 0.193. The second-order valence-corrected chi connectivity index (χ2v) is 5.00. The predicted octanol–water partition coefficient (Wildman–Crippen LogP) is 3.04. The van der Waals surface area contributed by atoms with Crippen LogP contribution in [0.3, 0.4) is 0 Å². The lowest BCUT2D eigenvalue weighted by Crippen LogP contribution is -2.20. The van der Waals surface area contributed by atoms with Crippen molar-refractivity contribution in [3.8, 4) is 11.5 Å². The van der Waals surface area contributed by atoms with Gasteiger partial charge in [0.1, 0.15) is 5.76 Å². The Balaban J connectivity index is 1.92. The van der Waals surface area contributed by atoms with Gasteiger partial charge in [0, 0.05) is 0 Å². The molecule has 0 fully saturated rings. The molecule has 0 spiro atoms. The Morgan fingerprint density at radius 1 is 1.25 bits per heavy atom. The summed E-state index contributed by atoms with van der Waals surface area (Å²) in [4.78, 5) is 12.0. The molecule has 1 amide bonds. The van der Waals surface area contributed by atoms with Gasteiger partial charge in [-0.15, -0.1) is 0 Å². The van der Waals surface area contributed by atoms with Crippen molar-refractivity contribution in [1.29, 1.82) is 0 Å². The van der Waals surface area contributed by atoms with Gasteiger partial charge < -0.3 is 13.9 Å². The van der Waals surface area contributed by atoms with Crippen molar-refractivity contribution in [3.05, 3.63) is 54.0 Å². The maximum Gasteiger partial charge on any atom is 0.244 e. The van der Waals surface area contributed by atoms with Crippen LogP contribution < -0.4 is 14.9 Å². The van der Waals surface area contributed by atoms with Crippen LogP contribution in [-0.2, 0) is 11.2 Å². The highest BCUT2D eigenvalue weighted by molar-refractivity contribution is 5.96. The topological polar surface area (TPSA) is 73.1 Å². The third kappa shape index (κ3) is 5.01. The van der Waals surface area contributed by atoms with Gasteiger partial charge in [0.05, 0.1) is 32.6 Å². The average molecular weight is 328 g/mol. The zero-order valence-corrected chi connectivity index (χ0v) is 13.9. The molecule has 1 N–H and O–H groups in total. The number of furan rings is 1. The molecule has 6 nitrogen and oxygen atoms in total. The van der Waals surface area contributed by atoms with Crippen molar-refractivity contribution < 1.29 is 18.7 Å². The summed E-state index contributed by atoms with van der Waals surface area (Å²) in [6.07, 6.45) is 5.32. The van der Waals surface area contributed by atoms with Crippen molar-refractivity contribution in [3.63, 3.8) is 0 Å². The van der Waals surface area contributed by atoms with Gasteiger partial charge >= 0.3 is 0 Å². The number of carbonyl (C=O) groups excluding carboxylic acids is 1. The molecule has 1 aromatic heterocycles. The van der Waals surface area contributed by atoms with Gasteiger partial charge in [0.25, 0.3) is 0 Å². The first-order chi connectivity index (χ1) is 11.6. The van der Waals surface area contributed by atoms with Crippen LogP contribution in [0.2, 0.25) is 0 Å². The molecule has 0 saturated heterocycles. The smallest absolute Gasteiger partial charge is 0.244 e. The first-order valence-corrected chi connectivity index (χ1v) is 7.38. The van der Waals surface area contributed by atoms with Crippen molar-refractivity contribution in [2.45, 2.75) is 13.3 Å². The Morgan fingerprint density at radius 3 is 2.71 bits per heavy atom. The Kier molecular flexibility index (Phi) is 6.19. The molecule has 1 aromatic carbocycles. The Hall–Kier alpha value is -3.02. The molecular weight excluding hydrogens is 308 g/mol. The van der Waals surface area contributed by atoms with Gasteiger partial charge in [0.2, 0.25) is 5.91 Å². The van der Waals surface area contributed by atoms with Crippen molar-refractivity contribution >= 4 is 17.7 Å². The molecule has 6 heteroatoms. The molecular formula is C18H20N2O4. The number of rotatable bonds is 7. The standard InChI is InChI=1S/C18H20N2O4/c1-13(6-8-15-5-4-10-24-15)19-20-18(21)12-14-7-9-16(22-2)17(11-14)23-3/h4-11H,12H2,1-3H3,(H,20,21). The monoisotopic (exact) mass is 328 g/mol. The minimum Gasteiger partial charge on any atom is -0.493 e. The SMILES string of the molecule is COc1ccc(CC(=O)NN=C(C)C=Cc2ccco2)cc1OC. The molecule has 0 unspecified atom stereocenters. The number of methoxy groups -OCH3 is 2. The zero-order chi connectivity index (χ0) is 17.4. The summed E-state index contributed by atoms with van der Waals surface area (Å²) < 4.78 is 15.6. The molecule has 0 bridgehead atoms. The number of nitrogens with zero attached hydrogens (tertiary/aromatic N) is 1. The first kappa shape index (κ1) is 17.3. The first-order valence-electron chi connectivity index (χ1n) is 7.38. The summed E-state index contributed by atoms with van der Waals surface area (Å²) >= 11 is 0. The van der Waals surface area contributed by atoms with E-state index in [9.17, 15) is 4.79 Å². The predicted molar refractivity (Wildman–Crippen MR) is 92.2 cm³/mol. The summed E-state index contributed by atoms with van der Waals surface area (Å²) in [6, 6.07) is 8.98. The van der Waals surface area contributed by atoms with E-state index < -0.39 is 0 Å². The molecule has 1 heterocycles. The van der Waals surface area contributed by atoms with Crippen molar-refractivity contribution in [2.24, 2.45) is 5.10 Å². The summed E-state index contributed by atoms with van der Waals surface area (Å²) in [6.45, 7) is 1.79. The molecule has 2 aromatic rings. The van der Waals surface area contributed by atoms with E-state index in [2.05, 4.69) is 10.5 Å². The van der Waals surface area contributed by atoms with Crippen LogP contribution in [-0.4, -0.2) is 25.8 Å². The summed E-state index contributed by atoms with van der Waals surface area (Å²) in [7, 11) is 3.12. The number of allylic oxidation sites excluding steroid dienone is 1. The van der Waals surface area contributed by atoms with Crippen molar-refractivity contribution in [1.82, 2.24) is 5.43 Å². The number of hydrogen-bond acceptors (Lipinski definition) is 5. The summed E-state index contributed by atoms with van der Waals surface area (Å²) in [5.74, 6) is 1.72. The van der Waals surface area contributed by atoms with Crippen molar-refractivity contribution in [2.75, 3.05) is 14.2 Å². The minimum atomic E-state index is -0.215. The number of benzene rings is 1. The van der Waals surface area contributed by atoms with Crippen LogP contribution in [0.15, 0.2) is 52.2 Å². The van der Waals surface area contributed by atoms with E-state index in [0.717, 1.165) is 11.3 Å². The van der Waals surface area contributed by atoms with Crippen LogP contribution in [0, 0.1) is 0 Å². The highest BCUT2D eigenvalue weighted by atomic mass is 16.5. The second-order valence-electron chi connectivity index (χ2n) is 5.00. The van der Waals surface area contributed by atoms with Gasteiger partial charge in [-0.1, -0.05) is 6.07 Å². The Bertz CT molecular complexity index is 733. The highest BCUT2D eigenvalue weighted by Crippen LogP contribution is 2.27. The number of amides is 1. The Labute approximate surface area is 140 Å². The van der Waals surface area contributed by atoms with E-state index in [-0.39, 0.29) is 12.3 Å². The number of hydrazone groups is 1. The lowest BCUT2D eigenvalue weighted by Gasteiger charge is -2.09. The van der Waals surface area contributed by atoms with Gasteiger partial charge in [0.15, 0.2) is 11.5 Å². The van der Waals surface area contributed by atoms with E-state index in [1.807, 2.05) is 12.1 Å². The van der Waals surface area contributed by atoms with E-state index >= 15 is 0 Å². The molecule has 24 heavy (non-hydrogen) atoms. The molecule has 2 rings (SSSR count). The van der Waals surface area contributed by atoms with E-state index in [1.54, 1.807) is 57.8 Å². The summed E-state index contributed by atoms with van der Waals surface area (Å²) in [5.41, 5.74) is 3.99. The summed E-state index contributed by atoms with van der Waals surface area (Å²) in [5, 5.41) is 4.03. The lowest BCUT2D eigenvalue weighted by molar-refractivity contribution is -0.120. The third-order valence-corrected chi connectivity index (χ3v) is 3.20. The van der Waals surface area contributed by atoms with E-state index in [4.69, 9.17) is 13.9 Å². The van der Waals surface area contributed by atoms with Gasteiger partial charge in [-0.25, -0.2) is 5.43 Å². The normalized spacial score (nSPS) is 11.5. The molecule has 126 valence electrons. The molecule has 0 aliphatic rings. The fraction of sp³-hybridized carbons (Fsp3) is 0.222. The number of carbonyl (C=O) groups is 1. The van der Waals surface area contributed by atoms with Crippen LogP contribution in [0.1, 0.15) is 18.2 Å². The number of hydrogen-bond donors (Lipinski definition) is 1. The van der Waals surface area contributed by atoms with Crippen LogP contribution >= 0.6 is 0 Å². The van der Waals surface area contributed by atoms with Crippen LogP contribution in [0.5, 0.6) is 11.5 Å². The molecule has 0 aliphatic carbocycles. The van der Waals surface area contributed by atoms with Crippen LogP contribution in [0.4, 0.5) is 0 Å². The zero-order valence-electron chi connectivity index (χ0n) is 13.9. The van der Waals surface area contributed by atoms with E-state index in [1.165, 1.54) is 0 Å². The molecule has 0 radical (unpaired) electrons. The Morgan fingerprint density at radius 2 is 2.04 bits per heavy atom. The fourth-order valence-electron chi connectivity index (χ4n) is 1.99. The van der Waals surface area contributed by atoms with Gasteiger partial charge in [-0.3, -0.25) is 4.79 Å². The highest BCUT2D eigenvalue weighted by Gasteiger charge is 2.08. The average Bonchev–Trinajstić information content (AvgIpc) is 3.11. The lowest BCUT2D eigenvalue weighted by atomic mass is 10.1. The van der Waals surface area contributed by atoms with E-state index in [0.29, 0.717) is 17.2 Å². The number of ether oxygens (including phenoxy) is 2. The fourth-order valence-corrected chi connectivity index (χ4v) is 1.99. The maximum absolute atomic E-state index is 12.0. The quantitative estimate of drug-likeness (QED) is 0.626. The van der Waals surface area contributed by atoms with Crippen LogP contribution in [0.25, 0.3) is 6.08 Å². The second kappa shape index (κ2) is 8.57. The van der Waals surface area contributed by atoms with Gasteiger partial charge in [-0.2, -0.15) is 5.10 Å². The molecule has 0 saturated carbocycles. The largest absolute Gasteiger partial charge is 0.493 e. The number of nitrogens with one attached hydrogen (secondary N) is 1. The maximum atomic E-state index is 12.0. The van der Waals surface area contributed by atoms with Gasteiger partial charge in [-0.05, 0) is 48.9 Å². The third-order valence-electron chi connectivity index (χ3n) is 3.20. The molecule has 0 aliphatic heterocycles. The molecule has 0 atom stereocenters.